The van der Waals surface area contributed by atoms with Crippen LogP contribution in [0.15, 0.2) is 97.1 Å². The van der Waals surface area contributed by atoms with Crippen LogP contribution >= 0.6 is 0 Å². The van der Waals surface area contributed by atoms with Crippen molar-refractivity contribution in [3.8, 4) is 39.5 Å². The molecule has 0 spiro atoms. The van der Waals surface area contributed by atoms with Crippen LogP contribution < -0.4 is 0 Å². The van der Waals surface area contributed by atoms with Crippen molar-refractivity contribution in [3.05, 3.63) is 118 Å². The number of esters is 1. The van der Waals surface area contributed by atoms with E-state index >= 15 is 0 Å². The van der Waals surface area contributed by atoms with Gasteiger partial charge in [0, 0.05) is 34.6 Å². The first-order valence-electron chi connectivity index (χ1n) is 12.0. The van der Waals surface area contributed by atoms with Crippen molar-refractivity contribution in [2.75, 3.05) is 6.61 Å². The number of H-pyrrole nitrogens is 1. The van der Waals surface area contributed by atoms with Gasteiger partial charge in [0.05, 0.1) is 34.2 Å². The molecule has 0 bridgehead atoms. The molecule has 0 aliphatic carbocycles. The quantitative estimate of drug-likeness (QED) is 0.148. The molecule has 0 radical (unpaired) electrons. The fraction of sp³-hybridized carbons (Fsp3) is 0.100. The van der Waals surface area contributed by atoms with Crippen molar-refractivity contribution in [2.45, 2.75) is 13.8 Å². The van der Waals surface area contributed by atoms with Gasteiger partial charge in [-0.05, 0) is 31.5 Å². The maximum absolute atomic E-state index is 12.9. The highest BCUT2D eigenvalue weighted by molar-refractivity contribution is 5.94. The molecule has 184 valence electrons. The van der Waals surface area contributed by atoms with Gasteiger partial charge in [0.25, 0.3) is 5.69 Å². The van der Waals surface area contributed by atoms with Crippen LogP contribution in [0.4, 0.5) is 5.69 Å². The Kier molecular flexibility index (Phi) is 6.43. The third kappa shape index (κ3) is 4.54. The molecule has 5 aromatic rings. The number of nitrogens with one attached hydrogen (secondary N) is 1. The number of carbonyl (C=O) groups is 1. The smallest absolute Gasteiger partial charge is 0.339 e. The van der Waals surface area contributed by atoms with Crippen molar-refractivity contribution in [1.29, 1.82) is 0 Å². The minimum Gasteiger partial charge on any atom is -0.462 e. The van der Waals surface area contributed by atoms with E-state index in [1.165, 1.54) is 12.1 Å². The highest BCUT2D eigenvalue weighted by atomic mass is 16.6. The van der Waals surface area contributed by atoms with Crippen molar-refractivity contribution in [1.82, 2.24) is 9.55 Å². The summed E-state index contributed by atoms with van der Waals surface area (Å²) < 4.78 is 7.30. The van der Waals surface area contributed by atoms with Crippen LogP contribution in [0.25, 0.3) is 39.5 Å². The Hall–Kier alpha value is -4.91. The average molecular weight is 492 g/mol. The highest BCUT2D eigenvalue weighted by Gasteiger charge is 2.24. The maximum atomic E-state index is 12.9. The van der Waals surface area contributed by atoms with Gasteiger partial charge in [-0.1, -0.05) is 72.8 Å². The number of non-ortho nitro benzene ring substituents is 1. The second-order valence-corrected chi connectivity index (χ2v) is 8.57. The maximum Gasteiger partial charge on any atom is 0.339 e. The fourth-order valence-corrected chi connectivity index (χ4v) is 4.54. The van der Waals surface area contributed by atoms with Crippen molar-refractivity contribution in [2.24, 2.45) is 0 Å². The lowest BCUT2D eigenvalue weighted by Gasteiger charge is -2.13. The Labute approximate surface area is 214 Å². The van der Waals surface area contributed by atoms with Gasteiger partial charge < -0.3 is 14.3 Å². The zero-order valence-corrected chi connectivity index (χ0v) is 20.5. The molecule has 0 unspecified atom stereocenters. The Morgan fingerprint density at radius 3 is 2.19 bits per heavy atom. The van der Waals surface area contributed by atoms with Crippen LogP contribution in [0.5, 0.6) is 0 Å². The van der Waals surface area contributed by atoms with Crippen LogP contribution in [0, 0.1) is 17.0 Å². The molecule has 0 saturated heterocycles. The number of carbonyl (C=O) groups excluding carboxylic acids is 1. The van der Waals surface area contributed by atoms with E-state index in [-0.39, 0.29) is 12.3 Å². The summed E-state index contributed by atoms with van der Waals surface area (Å²) in [5.41, 5.74) is 6.90. The second-order valence-electron chi connectivity index (χ2n) is 8.57. The first kappa shape index (κ1) is 23.8. The number of nitrogens with zero attached hydrogens (tertiary/aromatic N) is 2. The summed E-state index contributed by atoms with van der Waals surface area (Å²) in [6, 6.07) is 30.1. The third-order valence-corrected chi connectivity index (χ3v) is 6.28. The largest absolute Gasteiger partial charge is 0.462 e. The van der Waals surface area contributed by atoms with Crippen LogP contribution in [-0.4, -0.2) is 27.1 Å². The van der Waals surface area contributed by atoms with E-state index in [4.69, 9.17) is 4.74 Å². The lowest BCUT2D eigenvalue weighted by Crippen LogP contribution is -2.07. The predicted molar refractivity (Wildman–Crippen MR) is 144 cm³/mol. The summed E-state index contributed by atoms with van der Waals surface area (Å²) in [5.74, 6) is -0.439. The molecule has 0 amide bonds. The van der Waals surface area contributed by atoms with Crippen molar-refractivity contribution in [3.63, 3.8) is 0 Å². The number of aromatic nitrogens is 2. The molecule has 0 fully saturated rings. The molecule has 5 rings (SSSR count). The Bertz CT molecular complexity index is 1580. The second kappa shape index (κ2) is 9.99. The number of nitro benzene ring substituents is 1. The van der Waals surface area contributed by atoms with Gasteiger partial charge in [-0.2, -0.15) is 0 Å². The van der Waals surface area contributed by atoms with Gasteiger partial charge in [-0.25, -0.2) is 4.79 Å². The van der Waals surface area contributed by atoms with Gasteiger partial charge in [0.15, 0.2) is 0 Å². The zero-order chi connectivity index (χ0) is 25.9. The van der Waals surface area contributed by atoms with Gasteiger partial charge in [-0.15, -0.1) is 0 Å². The van der Waals surface area contributed by atoms with Gasteiger partial charge in [0.1, 0.15) is 0 Å². The predicted octanol–water partition coefficient (Wildman–Crippen LogP) is 7.20. The molecule has 2 aromatic heterocycles. The van der Waals surface area contributed by atoms with Crippen molar-refractivity contribution >= 4 is 11.7 Å². The molecular formula is C30H25N3O4. The Balaban J connectivity index is 1.80. The topological polar surface area (TPSA) is 90.2 Å². The summed E-state index contributed by atoms with van der Waals surface area (Å²) in [6.45, 7) is 3.86. The van der Waals surface area contributed by atoms with Crippen molar-refractivity contribution < 1.29 is 14.5 Å². The molecule has 7 nitrogen and oxygen atoms in total. The first-order chi connectivity index (χ1) is 18.0. The Morgan fingerprint density at radius 2 is 1.54 bits per heavy atom. The first-order valence-corrected chi connectivity index (χ1v) is 12.0. The monoisotopic (exact) mass is 491 g/mol. The molecule has 0 aliphatic heterocycles. The average Bonchev–Trinajstić information content (AvgIpc) is 3.51. The number of benzene rings is 3. The number of aromatic amines is 1. The summed E-state index contributed by atoms with van der Waals surface area (Å²) in [4.78, 5) is 27.6. The van der Waals surface area contributed by atoms with Crippen LogP contribution in [0.3, 0.4) is 0 Å². The number of hydrogen-bond acceptors (Lipinski definition) is 4. The summed E-state index contributed by atoms with van der Waals surface area (Å²) >= 11 is 0. The van der Waals surface area contributed by atoms with Crippen LogP contribution in [-0.2, 0) is 4.74 Å². The standard InChI is InChI=1S/C30H25N3O4/c1-3-37-30(34)25-18-27(23-15-10-16-24(17-23)33(35)36)32(20(25)2)28-19-26(21-11-6-4-7-12-21)31-29(28)22-13-8-5-9-14-22/h4-19,31H,3H2,1-2H3. The molecule has 0 saturated carbocycles. The fourth-order valence-electron chi connectivity index (χ4n) is 4.54. The number of rotatable bonds is 7. The normalized spacial score (nSPS) is 10.9. The lowest BCUT2D eigenvalue weighted by molar-refractivity contribution is -0.384. The van der Waals surface area contributed by atoms with E-state index in [1.54, 1.807) is 25.1 Å². The van der Waals surface area contributed by atoms with Gasteiger partial charge in [-0.3, -0.25) is 10.1 Å². The van der Waals surface area contributed by atoms with E-state index < -0.39 is 10.9 Å². The molecule has 2 heterocycles. The van der Waals surface area contributed by atoms with E-state index in [9.17, 15) is 14.9 Å². The summed E-state index contributed by atoms with van der Waals surface area (Å²) in [7, 11) is 0. The third-order valence-electron chi connectivity index (χ3n) is 6.28. The van der Waals surface area contributed by atoms with E-state index in [1.807, 2.05) is 78.2 Å². The van der Waals surface area contributed by atoms with E-state index in [0.29, 0.717) is 22.5 Å². The summed E-state index contributed by atoms with van der Waals surface area (Å²) in [5, 5.41) is 11.5. The highest BCUT2D eigenvalue weighted by Crippen LogP contribution is 2.38. The molecule has 3 aromatic carbocycles. The minimum absolute atomic E-state index is 0.0251. The summed E-state index contributed by atoms with van der Waals surface area (Å²) in [6.07, 6.45) is 0. The minimum atomic E-state index is -0.439. The molecule has 7 heteroatoms. The number of hydrogen-bond donors (Lipinski definition) is 1. The van der Waals surface area contributed by atoms with E-state index in [0.717, 1.165) is 28.2 Å². The molecular weight excluding hydrogens is 466 g/mol. The molecule has 37 heavy (non-hydrogen) atoms. The van der Waals surface area contributed by atoms with Crippen LogP contribution in [0.1, 0.15) is 23.0 Å². The van der Waals surface area contributed by atoms with Crippen LogP contribution in [0.2, 0.25) is 0 Å². The lowest BCUT2D eigenvalue weighted by atomic mass is 10.1. The zero-order valence-electron chi connectivity index (χ0n) is 20.5. The molecule has 0 atom stereocenters. The molecule has 1 N–H and O–H groups in total. The number of ether oxygens (including phenoxy) is 1. The van der Waals surface area contributed by atoms with E-state index in [2.05, 4.69) is 4.98 Å². The Morgan fingerprint density at radius 1 is 0.892 bits per heavy atom. The molecule has 0 aliphatic rings. The van der Waals surface area contributed by atoms with Gasteiger partial charge >= 0.3 is 5.97 Å². The van der Waals surface area contributed by atoms with Gasteiger partial charge in [0.2, 0.25) is 0 Å². The SMILES string of the molecule is CCOC(=O)c1cc(-c2cccc([N+](=O)[O-])c2)n(-c2cc(-c3ccccc3)[nH]c2-c2ccccc2)c1C. The number of nitro groups is 1.